The van der Waals surface area contributed by atoms with Gasteiger partial charge < -0.3 is 0 Å². The van der Waals surface area contributed by atoms with Crippen LogP contribution in [-0.4, -0.2) is 23.9 Å². The van der Waals surface area contributed by atoms with Crippen molar-refractivity contribution in [3.63, 3.8) is 0 Å². The maximum Gasteiger partial charge on any atom is 0.187 e. The third-order valence-corrected chi connectivity index (χ3v) is 4.68. The highest BCUT2D eigenvalue weighted by Gasteiger charge is 2.08. The molecule has 3 heteroatoms. The van der Waals surface area contributed by atoms with Crippen LogP contribution in [0.4, 0.5) is 5.69 Å². The fourth-order valence-electron chi connectivity index (χ4n) is 2.96. The molecule has 0 aromatic heterocycles. The summed E-state index contributed by atoms with van der Waals surface area (Å²) in [5.41, 5.74) is 4.53. The summed E-state index contributed by atoms with van der Waals surface area (Å²) in [6.07, 6.45) is 9.09. The van der Waals surface area contributed by atoms with Gasteiger partial charge in [0.05, 0.1) is 18.2 Å². The highest BCUT2D eigenvalue weighted by molar-refractivity contribution is 5.90. The second-order valence-electron chi connectivity index (χ2n) is 6.82. The largest absolute Gasteiger partial charge is 0.238 e. The zero-order chi connectivity index (χ0) is 20.2. The smallest absolute Gasteiger partial charge is 0.187 e. The van der Waals surface area contributed by atoms with Gasteiger partial charge in [0.25, 0.3) is 0 Å². The number of unbranched alkanes of at least 4 members (excludes halogenated alkanes) is 2. The molecule has 3 nitrogen and oxygen atoms in total. The molecule has 0 atom stereocenters. The van der Waals surface area contributed by atoms with Gasteiger partial charge in [0.1, 0.15) is 13.1 Å². The molecule has 0 aliphatic rings. The van der Waals surface area contributed by atoms with E-state index in [0.717, 1.165) is 29.8 Å². The van der Waals surface area contributed by atoms with Crippen LogP contribution in [0, 0.1) is 17.9 Å². The number of nitriles is 1. The molecule has 0 unspecified atom stereocenters. The van der Waals surface area contributed by atoms with Gasteiger partial charge in [-0.05, 0) is 28.8 Å². The highest BCUT2D eigenvalue weighted by atomic mass is 15.0. The van der Waals surface area contributed by atoms with Crippen molar-refractivity contribution in [2.75, 3.05) is 13.1 Å². The van der Waals surface area contributed by atoms with E-state index in [9.17, 15) is 0 Å². The normalized spacial score (nSPS) is 10.8. The summed E-state index contributed by atoms with van der Waals surface area (Å²) in [6, 6.07) is 17.5. The molecule has 0 bridgehead atoms. The standard InChI is InChI=1S/C25H28N3/c1-4-6-17-28(18-7-5-2)19-16-25(22-10-8-21(20-26)9-11-22)23-12-14-24(27-3)15-13-23/h8-16,19H,4-7,17-18H2,1-2H3/q+1/b25-16+. The van der Waals surface area contributed by atoms with Crippen LogP contribution < -0.4 is 0 Å². The van der Waals surface area contributed by atoms with Crippen LogP contribution >= 0.6 is 0 Å². The first-order valence-electron chi connectivity index (χ1n) is 9.99. The van der Waals surface area contributed by atoms with Crippen molar-refractivity contribution in [3.05, 3.63) is 82.7 Å². The first-order chi connectivity index (χ1) is 13.7. The SMILES string of the molecule is [C-]#[N+]c1ccc(/C(=C/C=[N+](CCCC)CCCC)c2ccc(C#N)cc2)cc1. The molecular weight excluding hydrogens is 342 g/mol. The quantitative estimate of drug-likeness (QED) is 0.293. The monoisotopic (exact) mass is 370 g/mol. The molecule has 0 spiro atoms. The molecule has 0 radical (unpaired) electrons. The molecule has 2 aromatic rings. The average Bonchev–Trinajstić information content (AvgIpc) is 2.76. The zero-order valence-corrected chi connectivity index (χ0v) is 16.9. The van der Waals surface area contributed by atoms with Gasteiger partial charge >= 0.3 is 0 Å². The zero-order valence-electron chi connectivity index (χ0n) is 16.9. The second kappa shape index (κ2) is 11.5. The summed E-state index contributed by atoms with van der Waals surface area (Å²) in [6.45, 7) is 13.7. The molecule has 0 aliphatic heterocycles. The lowest BCUT2D eigenvalue weighted by Crippen LogP contribution is -2.15. The van der Waals surface area contributed by atoms with E-state index in [2.05, 4.69) is 41.6 Å². The Labute approximate surface area is 169 Å². The Morgan fingerprint density at radius 1 is 0.964 bits per heavy atom. The topological polar surface area (TPSA) is 31.2 Å². The molecule has 0 heterocycles. The van der Waals surface area contributed by atoms with E-state index in [4.69, 9.17) is 11.8 Å². The molecular formula is C25H28N3+. The van der Waals surface area contributed by atoms with E-state index in [-0.39, 0.29) is 0 Å². The van der Waals surface area contributed by atoms with E-state index in [1.54, 1.807) is 0 Å². The minimum atomic E-state index is 0.638. The van der Waals surface area contributed by atoms with Crippen LogP contribution in [0.1, 0.15) is 56.2 Å². The van der Waals surface area contributed by atoms with Gasteiger partial charge in [-0.1, -0.05) is 63.1 Å². The Morgan fingerprint density at radius 2 is 1.50 bits per heavy atom. The van der Waals surface area contributed by atoms with E-state index in [1.165, 1.54) is 25.7 Å². The summed E-state index contributed by atoms with van der Waals surface area (Å²) in [5.74, 6) is 0. The van der Waals surface area contributed by atoms with Crippen molar-refractivity contribution >= 4 is 17.5 Å². The van der Waals surface area contributed by atoms with Gasteiger partial charge in [-0.25, -0.2) is 9.42 Å². The molecule has 0 saturated heterocycles. The molecule has 2 rings (SSSR count). The third-order valence-electron chi connectivity index (χ3n) is 4.68. The van der Waals surface area contributed by atoms with Gasteiger partial charge in [0.15, 0.2) is 11.9 Å². The van der Waals surface area contributed by atoms with Crippen LogP contribution in [0.3, 0.4) is 0 Å². The Hall–Kier alpha value is -3.17. The molecule has 0 fully saturated rings. The maximum atomic E-state index is 9.08. The summed E-state index contributed by atoms with van der Waals surface area (Å²) >= 11 is 0. The first kappa shape index (κ1) is 21.1. The van der Waals surface area contributed by atoms with E-state index >= 15 is 0 Å². The Bertz CT molecular complexity index is 819. The van der Waals surface area contributed by atoms with E-state index in [0.29, 0.717) is 11.3 Å². The predicted molar refractivity (Wildman–Crippen MR) is 117 cm³/mol. The van der Waals surface area contributed by atoms with Crippen molar-refractivity contribution < 1.29 is 4.58 Å². The molecule has 0 aliphatic carbocycles. The summed E-state index contributed by atoms with van der Waals surface area (Å²) in [7, 11) is 0. The number of nitrogens with zero attached hydrogens (tertiary/aromatic N) is 3. The minimum absolute atomic E-state index is 0.638. The average molecular weight is 371 g/mol. The molecule has 0 amide bonds. The first-order valence-corrected chi connectivity index (χ1v) is 9.99. The van der Waals surface area contributed by atoms with Crippen LogP contribution in [0.15, 0.2) is 54.6 Å². The summed E-state index contributed by atoms with van der Waals surface area (Å²) < 4.78 is 2.39. The Kier molecular flexibility index (Phi) is 8.70. The number of hydrogen-bond acceptors (Lipinski definition) is 1. The van der Waals surface area contributed by atoms with Gasteiger partial charge in [-0.2, -0.15) is 5.26 Å². The minimum Gasteiger partial charge on any atom is -0.238 e. The van der Waals surface area contributed by atoms with Crippen molar-refractivity contribution in [2.45, 2.75) is 39.5 Å². The van der Waals surface area contributed by atoms with Gasteiger partial charge in [0.2, 0.25) is 0 Å². The lowest BCUT2D eigenvalue weighted by molar-refractivity contribution is -0.523. The summed E-state index contributed by atoms with van der Waals surface area (Å²) in [4.78, 5) is 3.49. The van der Waals surface area contributed by atoms with Crippen LogP contribution in [0.5, 0.6) is 0 Å². The van der Waals surface area contributed by atoms with E-state index < -0.39 is 0 Å². The Morgan fingerprint density at radius 3 is 1.96 bits per heavy atom. The Balaban J connectivity index is 2.45. The van der Waals surface area contributed by atoms with Gasteiger partial charge in [-0.3, -0.25) is 0 Å². The van der Waals surface area contributed by atoms with Crippen molar-refractivity contribution in [2.24, 2.45) is 0 Å². The molecule has 142 valence electrons. The fourth-order valence-corrected chi connectivity index (χ4v) is 2.96. The number of benzene rings is 2. The second-order valence-corrected chi connectivity index (χ2v) is 6.82. The summed E-state index contributed by atoms with van der Waals surface area (Å²) in [5, 5.41) is 9.08. The number of hydrogen-bond donors (Lipinski definition) is 0. The third kappa shape index (κ3) is 6.22. The highest BCUT2D eigenvalue weighted by Crippen LogP contribution is 2.25. The lowest BCUT2D eigenvalue weighted by Gasteiger charge is -2.08. The number of allylic oxidation sites excluding steroid dienone is 1. The maximum absolute atomic E-state index is 9.08. The molecule has 0 saturated carbocycles. The molecule has 2 aromatic carbocycles. The molecule has 0 N–H and O–H groups in total. The van der Waals surface area contributed by atoms with Gasteiger partial charge in [-0.15, -0.1) is 0 Å². The van der Waals surface area contributed by atoms with Crippen molar-refractivity contribution in [3.8, 4) is 6.07 Å². The number of rotatable bonds is 9. The van der Waals surface area contributed by atoms with Crippen LogP contribution in [-0.2, 0) is 0 Å². The van der Waals surface area contributed by atoms with Crippen LogP contribution in [0.2, 0.25) is 0 Å². The molecule has 28 heavy (non-hydrogen) atoms. The van der Waals surface area contributed by atoms with Crippen molar-refractivity contribution in [1.29, 1.82) is 5.26 Å². The van der Waals surface area contributed by atoms with E-state index in [1.807, 2.05) is 48.5 Å². The van der Waals surface area contributed by atoms with Crippen LogP contribution in [0.25, 0.3) is 10.4 Å². The predicted octanol–water partition coefficient (Wildman–Crippen LogP) is 6.22. The fraction of sp³-hybridized carbons (Fsp3) is 0.320. The lowest BCUT2D eigenvalue weighted by atomic mass is 9.96. The van der Waals surface area contributed by atoms with Gasteiger partial charge in [0, 0.05) is 18.9 Å². The van der Waals surface area contributed by atoms with Crippen molar-refractivity contribution in [1.82, 2.24) is 0 Å².